The van der Waals surface area contributed by atoms with Crippen LogP contribution < -0.4 is 0 Å². The smallest absolute Gasteiger partial charge is 0.331 e. The first-order chi connectivity index (χ1) is 8.53. The van der Waals surface area contributed by atoms with Gasteiger partial charge < -0.3 is 4.74 Å². The molecule has 0 bridgehead atoms. The van der Waals surface area contributed by atoms with E-state index in [0.717, 1.165) is 36.3 Å². The number of carbonyl (C=O) groups is 1. The van der Waals surface area contributed by atoms with E-state index in [0.29, 0.717) is 0 Å². The van der Waals surface area contributed by atoms with Gasteiger partial charge in [-0.05, 0) is 42.5 Å². The summed E-state index contributed by atoms with van der Waals surface area (Å²) >= 11 is 0. The fraction of sp³-hybridized carbons (Fsp3) is 0.308. The zero-order valence-corrected chi connectivity index (χ0v) is 10.9. The molecule has 0 N–H and O–H groups in total. The summed E-state index contributed by atoms with van der Waals surface area (Å²) in [6, 6.07) is 5.13. The summed E-state index contributed by atoms with van der Waals surface area (Å²) in [6.07, 6.45) is 3.91. The molecule has 1 aromatic carbocycles. The quantitative estimate of drug-likeness (QED) is 0.616. The molecule has 0 aromatic heterocycles. The van der Waals surface area contributed by atoms with Crippen molar-refractivity contribution >= 4 is 15.8 Å². The monoisotopic (exact) mass is 266 g/mol. The minimum Gasteiger partial charge on any atom is -0.466 e. The van der Waals surface area contributed by atoms with Crippen LogP contribution in [0.1, 0.15) is 17.5 Å². The highest BCUT2D eigenvalue weighted by Gasteiger charge is 2.16. The summed E-state index contributed by atoms with van der Waals surface area (Å²) < 4.78 is 28.3. The van der Waals surface area contributed by atoms with Gasteiger partial charge in [0.15, 0.2) is 9.84 Å². The molecule has 1 aliphatic carbocycles. The third-order valence-corrected chi connectivity index (χ3v) is 4.39. The molecule has 2 rings (SSSR count). The number of ether oxygens (including phenoxy) is 1. The van der Waals surface area contributed by atoms with E-state index in [9.17, 15) is 13.2 Å². The minimum atomic E-state index is -3.57. The van der Waals surface area contributed by atoms with Gasteiger partial charge in [0.25, 0.3) is 0 Å². The lowest BCUT2D eigenvalue weighted by Gasteiger charge is -2.03. The summed E-state index contributed by atoms with van der Waals surface area (Å²) in [6.45, 7) is 0. The molecule has 0 amide bonds. The van der Waals surface area contributed by atoms with Gasteiger partial charge in [-0.25, -0.2) is 13.2 Å². The Labute approximate surface area is 106 Å². The van der Waals surface area contributed by atoms with Crippen molar-refractivity contribution in [2.24, 2.45) is 0 Å². The lowest BCUT2D eigenvalue weighted by molar-refractivity contribution is -0.134. The largest absolute Gasteiger partial charge is 0.466 e. The van der Waals surface area contributed by atoms with Crippen LogP contribution in [0.5, 0.6) is 0 Å². The maximum atomic E-state index is 12.0. The van der Waals surface area contributed by atoms with E-state index in [1.165, 1.54) is 12.7 Å². The van der Waals surface area contributed by atoms with Gasteiger partial charge >= 0.3 is 5.97 Å². The number of fused-ring (bicyclic) bond motifs is 1. The predicted octanol–water partition coefficient (Wildman–Crippen LogP) is 1.64. The molecule has 0 radical (unpaired) electrons. The Bertz CT molecular complexity index is 599. The highest BCUT2D eigenvalue weighted by molar-refractivity contribution is 7.94. The van der Waals surface area contributed by atoms with Crippen LogP contribution in [0.4, 0.5) is 0 Å². The van der Waals surface area contributed by atoms with Crippen LogP contribution >= 0.6 is 0 Å². The van der Waals surface area contributed by atoms with Crippen molar-refractivity contribution < 1.29 is 17.9 Å². The predicted molar refractivity (Wildman–Crippen MR) is 66.8 cm³/mol. The third-order valence-electron chi connectivity index (χ3n) is 2.98. The molecule has 96 valence electrons. The molecule has 0 atom stereocenters. The number of benzene rings is 1. The number of sulfone groups is 1. The van der Waals surface area contributed by atoms with Crippen molar-refractivity contribution in [1.82, 2.24) is 0 Å². The Balaban J connectivity index is 2.30. The van der Waals surface area contributed by atoms with E-state index >= 15 is 0 Å². The average Bonchev–Trinajstić information content (AvgIpc) is 2.83. The molecule has 0 saturated carbocycles. The average molecular weight is 266 g/mol. The van der Waals surface area contributed by atoms with Gasteiger partial charge in [-0.15, -0.1) is 0 Å². The molecule has 0 unspecified atom stereocenters. The fourth-order valence-corrected chi connectivity index (χ4v) is 3.03. The summed E-state index contributed by atoms with van der Waals surface area (Å²) in [5, 5.41) is 0.884. The van der Waals surface area contributed by atoms with E-state index in [2.05, 4.69) is 4.74 Å². The Morgan fingerprint density at radius 1 is 1.28 bits per heavy atom. The Hall–Kier alpha value is -1.62. The second kappa shape index (κ2) is 4.94. The number of carbonyl (C=O) groups excluding carboxylic acids is 1. The number of aryl methyl sites for hydroxylation is 2. The van der Waals surface area contributed by atoms with Gasteiger partial charge in [-0.3, -0.25) is 0 Å². The molecule has 0 aliphatic heterocycles. The van der Waals surface area contributed by atoms with Gasteiger partial charge in [0.1, 0.15) is 0 Å². The van der Waals surface area contributed by atoms with Gasteiger partial charge in [-0.2, -0.15) is 0 Å². The summed E-state index contributed by atoms with van der Waals surface area (Å²) in [5.74, 6) is -0.681. The molecule has 0 heterocycles. The van der Waals surface area contributed by atoms with Gasteiger partial charge in [-0.1, -0.05) is 6.07 Å². The van der Waals surface area contributed by atoms with Crippen molar-refractivity contribution in [2.75, 3.05) is 7.11 Å². The topological polar surface area (TPSA) is 60.4 Å². The number of esters is 1. The highest BCUT2D eigenvalue weighted by atomic mass is 32.2. The standard InChI is InChI=1S/C13H14O4S/c1-17-13(14)7-8-18(15,16)12-6-5-10-3-2-4-11(10)9-12/h5-9H,2-4H2,1H3/b8-7+. The lowest BCUT2D eigenvalue weighted by Crippen LogP contribution is -2.01. The molecular weight excluding hydrogens is 252 g/mol. The molecule has 1 aliphatic rings. The zero-order valence-electron chi connectivity index (χ0n) is 10.0. The molecule has 5 heteroatoms. The van der Waals surface area contributed by atoms with Crippen LogP contribution in [0.25, 0.3) is 0 Å². The van der Waals surface area contributed by atoms with Crippen LogP contribution in [0.3, 0.4) is 0 Å². The van der Waals surface area contributed by atoms with Crippen molar-refractivity contribution in [3.05, 3.63) is 40.8 Å². The SMILES string of the molecule is COC(=O)/C=C/S(=O)(=O)c1ccc2c(c1)CCC2. The number of hydrogen-bond donors (Lipinski definition) is 0. The van der Waals surface area contributed by atoms with E-state index < -0.39 is 15.8 Å². The van der Waals surface area contributed by atoms with Crippen LogP contribution in [0, 0.1) is 0 Å². The molecule has 4 nitrogen and oxygen atoms in total. The first kappa shape index (κ1) is 12.8. The molecule has 18 heavy (non-hydrogen) atoms. The van der Waals surface area contributed by atoms with E-state index in [4.69, 9.17) is 0 Å². The Morgan fingerprint density at radius 2 is 2.00 bits per heavy atom. The molecule has 0 fully saturated rings. The normalized spacial score (nSPS) is 14.7. The fourth-order valence-electron chi connectivity index (χ4n) is 2.02. The summed E-state index contributed by atoms with van der Waals surface area (Å²) in [7, 11) is -2.37. The number of hydrogen-bond acceptors (Lipinski definition) is 4. The number of methoxy groups -OCH3 is 1. The Morgan fingerprint density at radius 3 is 2.72 bits per heavy atom. The first-order valence-electron chi connectivity index (χ1n) is 5.66. The molecule has 0 spiro atoms. The zero-order chi connectivity index (χ0) is 13.2. The second-order valence-corrected chi connectivity index (χ2v) is 5.99. The van der Waals surface area contributed by atoms with Crippen molar-refractivity contribution in [2.45, 2.75) is 24.2 Å². The van der Waals surface area contributed by atoms with Gasteiger partial charge in [0, 0.05) is 11.5 Å². The Kier molecular flexibility index (Phi) is 3.52. The molecule has 1 aromatic rings. The van der Waals surface area contributed by atoms with Gasteiger partial charge in [0.2, 0.25) is 0 Å². The second-order valence-electron chi connectivity index (χ2n) is 4.15. The first-order valence-corrected chi connectivity index (χ1v) is 7.20. The van der Waals surface area contributed by atoms with Crippen molar-refractivity contribution in [3.8, 4) is 0 Å². The van der Waals surface area contributed by atoms with Crippen molar-refractivity contribution in [1.29, 1.82) is 0 Å². The van der Waals surface area contributed by atoms with Gasteiger partial charge in [0.05, 0.1) is 12.0 Å². The van der Waals surface area contributed by atoms with E-state index in [1.807, 2.05) is 6.07 Å². The number of rotatable bonds is 3. The van der Waals surface area contributed by atoms with E-state index in [1.54, 1.807) is 12.1 Å². The van der Waals surface area contributed by atoms with E-state index in [-0.39, 0.29) is 4.90 Å². The van der Waals surface area contributed by atoms with Crippen LogP contribution in [-0.4, -0.2) is 21.5 Å². The summed E-state index contributed by atoms with van der Waals surface area (Å²) in [4.78, 5) is 11.1. The van der Waals surface area contributed by atoms with Crippen LogP contribution in [0.2, 0.25) is 0 Å². The van der Waals surface area contributed by atoms with Crippen LogP contribution in [-0.2, 0) is 32.2 Å². The molecular formula is C13H14O4S. The molecule has 0 saturated heterocycles. The maximum absolute atomic E-state index is 12.0. The minimum absolute atomic E-state index is 0.225. The third kappa shape index (κ3) is 2.61. The van der Waals surface area contributed by atoms with Crippen LogP contribution in [0.15, 0.2) is 34.6 Å². The summed E-state index contributed by atoms with van der Waals surface area (Å²) in [5.41, 5.74) is 2.30. The van der Waals surface area contributed by atoms with Crippen molar-refractivity contribution in [3.63, 3.8) is 0 Å². The highest BCUT2D eigenvalue weighted by Crippen LogP contribution is 2.25. The lowest BCUT2D eigenvalue weighted by atomic mass is 10.1. The maximum Gasteiger partial charge on any atom is 0.331 e.